The monoisotopic (exact) mass is 303 g/mol. The predicted octanol–water partition coefficient (Wildman–Crippen LogP) is 2.70. The summed E-state index contributed by atoms with van der Waals surface area (Å²) < 4.78 is 0. The summed E-state index contributed by atoms with van der Waals surface area (Å²) in [5, 5.41) is 0. The van der Waals surface area contributed by atoms with Crippen LogP contribution in [-0.4, -0.2) is 24.5 Å². The summed E-state index contributed by atoms with van der Waals surface area (Å²) in [6.45, 7) is 5.93. The molecule has 3 rings (SSSR count). The normalized spacial score (nSPS) is 27.1. The quantitative estimate of drug-likeness (QED) is 0.666. The number of rotatable bonds is 0. The van der Waals surface area contributed by atoms with E-state index in [1.54, 1.807) is 17.0 Å². The van der Waals surface area contributed by atoms with Crippen molar-refractivity contribution in [3.05, 3.63) is 41.3 Å². The van der Waals surface area contributed by atoms with Gasteiger partial charge < -0.3 is 4.90 Å². The van der Waals surface area contributed by atoms with E-state index >= 15 is 0 Å². The number of hydrogen-bond donors (Lipinski definition) is 0. The molecule has 1 saturated heterocycles. The van der Waals surface area contributed by atoms with Gasteiger partial charge in [-0.05, 0) is 37.6 Å². The van der Waals surface area contributed by atoms with Gasteiger partial charge in [0.05, 0.1) is 0 Å². The van der Waals surface area contributed by atoms with E-state index in [4.69, 9.17) is 0 Å². The summed E-state index contributed by atoms with van der Waals surface area (Å²) in [4.78, 5) is 2.50. The van der Waals surface area contributed by atoms with Gasteiger partial charge in [-0.1, -0.05) is 31.2 Å². The number of benzene rings is 1. The molecule has 0 aromatic heterocycles. The van der Waals surface area contributed by atoms with Crippen LogP contribution in [0.1, 0.15) is 25.0 Å². The van der Waals surface area contributed by atoms with Crippen molar-refractivity contribution in [2.24, 2.45) is 5.41 Å². The van der Waals surface area contributed by atoms with E-state index in [9.17, 15) is 0 Å². The summed E-state index contributed by atoms with van der Waals surface area (Å²) in [6.07, 6.45) is 2.51. The Morgan fingerprint density at radius 2 is 1.76 bits per heavy atom. The molecule has 0 N–H and O–H groups in total. The maximum atomic E-state index is 2.50. The van der Waals surface area contributed by atoms with E-state index in [2.05, 4.69) is 50.1 Å². The Morgan fingerprint density at radius 1 is 1.24 bits per heavy atom. The molecule has 0 amide bonds. The fraction of sp³-hybridized carbons (Fsp3) is 0.533. The predicted molar refractivity (Wildman–Crippen MR) is 67.3 cm³/mol. The Bertz CT molecular complexity index is 390. The molecule has 1 nitrogen and oxygen atoms in total. The van der Waals surface area contributed by atoms with E-state index in [1.165, 1.54) is 19.4 Å². The molecule has 1 unspecified atom stereocenters. The average Bonchev–Trinajstić information content (AvgIpc) is 2.73. The molecule has 1 spiro atoms. The van der Waals surface area contributed by atoms with E-state index in [1.807, 2.05) is 0 Å². The summed E-state index contributed by atoms with van der Waals surface area (Å²) in [5.41, 5.74) is 3.59. The number of fused-ring (bicyclic) bond motifs is 1. The van der Waals surface area contributed by atoms with Gasteiger partial charge in [0.15, 0.2) is 0 Å². The third kappa shape index (κ3) is 2.05. The molecule has 0 saturated carbocycles. The molecule has 1 aromatic carbocycles. The second kappa shape index (κ2) is 4.75. The van der Waals surface area contributed by atoms with Crippen LogP contribution in [0, 0.1) is 11.3 Å². The van der Waals surface area contributed by atoms with E-state index in [0.717, 1.165) is 0 Å². The Balaban J connectivity index is 0.00000108. The second-order valence-corrected chi connectivity index (χ2v) is 5.68. The van der Waals surface area contributed by atoms with Crippen LogP contribution in [-0.2, 0) is 45.6 Å². The molecule has 89 valence electrons. The van der Waals surface area contributed by atoms with Crippen molar-refractivity contribution >= 4 is 0 Å². The van der Waals surface area contributed by atoms with Crippen LogP contribution in [0.15, 0.2) is 24.3 Å². The second-order valence-electron chi connectivity index (χ2n) is 5.68. The van der Waals surface area contributed by atoms with Crippen LogP contribution < -0.4 is 0 Å². The van der Waals surface area contributed by atoms with Gasteiger partial charge in [0.2, 0.25) is 0 Å². The smallest absolute Gasteiger partial charge is 0 e. The molecule has 1 aromatic rings. The van der Waals surface area contributed by atoms with Gasteiger partial charge in [0.1, 0.15) is 0 Å². The zero-order valence-electron chi connectivity index (χ0n) is 11.0. The van der Waals surface area contributed by atoms with Crippen LogP contribution in [0.4, 0.5) is 0 Å². The molecular formula is C15H20NY-. The zero-order valence-corrected chi connectivity index (χ0v) is 13.9. The van der Waals surface area contributed by atoms with Crippen LogP contribution in [0.25, 0.3) is 0 Å². The van der Waals surface area contributed by atoms with Crippen LogP contribution >= 0.6 is 0 Å². The summed E-state index contributed by atoms with van der Waals surface area (Å²) >= 11 is 0. The summed E-state index contributed by atoms with van der Waals surface area (Å²) in [6, 6.07) is 9.61. The standard InChI is InChI=1S/C15H20N.Y/c1-11-12(2)16(3)10-15(11)8-13-6-4-5-7-14(13)9-15;/h4-7,12H,8-10H2,1-3H3;/q-1;. The van der Waals surface area contributed by atoms with E-state index < -0.39 is 0 Å². The first-order valence-corrected chi connectivity index (χ1v) is 6.23. The zero-order chi connectivity index (χ0) is 11.3. The third-order valence-corrected chi connectivity index (χ3v) is 4.85. The van der Waals surface area contributed by atoms with Crippen molar-refractivity contribution in [3.63, 3.8) is 0 Å². The molecule has 2 heteroatoms. The minimum Gasteiger partial charge on any atom is -0.335 e. The van der Waals surface area contributed by atoms with Gasteiger partial charge >= 0.3 is 0 Å². The SMILES string of the molecule is C[C-]1C(C)N(C)CC12Cc1ccccc1C2.[Y]. The topological polar surface area (TPSA) is 3.24 Å². The molecule has 2 aliphatic rings. The number of hydrogen-bond acceptors (Lipinski definition) is 1. The molecule has 0 bridgehead atoms. The van der Waals surface area contributed by atoms with Gasteiger partial charge in [0.25, 0.3) is 0 Å². The Kier molecular flexibility index (Phi) is 3.83. The molecule has 1 aliphatic heterocycles. The number of likely N-dealkylation sites (tertiary alicyclic amines) is 1. The Hall–Kier alpha value is 0.284. The Morgan fingerprint density at radius 3 is 2.18 bits per heavy atom. The van der Waals surface area contributed by atoms with Crippen molar-refractivity contribution in [1.82, 2.24) is 4.90 Å². The fourth-order valence-corrected chi connectivity index (χ4v) is 3.60. The van der Waals surface area contributed by atoms with Crippen LogP contribution in [0.3, 0.4) is 0 Å². The largest absolute Gasteiger partial charge is 0.335 e. The molecule has 1 heterocycles. The van der Waals surface area contributed by atoms with Crippen molar-refractivity contribution in [2.45, 2.75) is 32.7 Å². The summed E-state index contributed by atoms with van der Waals surface area (Å²) in [7, 11) is 2.26. The van der Waals surface area contributed by atoms with Gasteiger partial charge in [-0.3, -0.25) is 5.92 Å². The van der Waals surface area contributed by atoms with Crippen molar-refractivity contribution in [2.75, 3.05) is 13.6 Å². The van der Waals surface area contributed by atoms with Crippen LogP contribution in [0.5, 0.6) is 0 Å². The van der Waals surface area contributed by atoms with Gasteiger partial charge in [-0.15, -0.1) is 11.5 Å². The van der Waals surface area contributed by atoms with Gasteiger partial charge in [-0.25, -0.2) is 0 Å². The van der Waals surface area contributed by atoms with Crippen molar-refractivity contribution in [1.29, 1.82) is 0 Å². The fourth-order valence-electron chi connectivity index (χ4n) is 3.60. The molecule has 17 heavy (non-hydrogen) atoms. The van der Waals surface area contributed by atoms with Crippen molar-refractivity contribution in [3.8, 4) is 0 Å². The molecule has 1 atom stereocenters. The summed E-state index contributed by atoms with van der Waals surface area (Å²) in [5.74, 6) is 1.69. The maximum Gasteiger partial charge on any atom is 0 e. The number of nitrogens with zero attached hydrogens (tertiary/aromatic N) is 1. The van der Waals surface area contributed by atoms with E-state index in [-0.39, 0.29) is 32.7 Å². The minimum absolute atomic E-state index is 0. The van der Waals surface area contributed by atoms with Gasteiger partial charge in [0, 0.05) is 32.7 Å². The minimum atomic E-state index is 0. The molecule has 1 radical (unpaired) electrons. The third-order valence-electron chi connectivity index (χ3n) is 4.85. The first kappa shape index (κ1) is 13.7. The average molecular weight is 303 g/mol. The van der Waals surface area contributed by atoms with Crippen LogP contribution in [0.2, 0.25) is 0 Å². The van der Waals surface area contributed by atoms with E-state index in [0.29, 0.717) is 11.5 Å². The first-order chi connectivity index (χ1) is 7.62. The Labute approximate surface area is 130 Å². The molecule has 1 fully saturated rings. The molecular weight excluding hydrogens is 283 g/mol. The van der Waals surface area contributed by atoms with Crippen molar-refractivity contribution < 1.29 is 32.7 Å². The van der Waals surface area contributed by atoms with Gasteiger partial charge in [-0.2, -0.15) is 6.92 Å². The molecule has 1 aliphatic carbocycles. The maximum absolute atomic E-state index is 2.50. The first-order valence-electron chi connectivity index (χ1n) is 6.23.